The predicted octanol–water partition coefficient (Wildman–Crippen LogP) is 3.77. The number of ether oxygens (including phenoxy) is 1. The van der Waals surface area contributed by atoms with E-state index in [9.17, 15) is 18.4 Å². The fraction of sp³-hybridized carbons (Fsp3) is 0.174. The fourth-order valence-corrected chi connectivity index (χ4v) is 4.69. The van der Waals surface area contributed by atoms with Crippen LogP contribution in [0.15, 0.2) is 84.9 Å². The van der Waals surface area contributed by atoms with Gasteiger partial charge in [0, 0.05) is 0 Å². The highest BCUT2D eigenvalue weighted by atomic mass is 32.2. The molecular weight excluding hydrogens is 402 g/mol. The Balaban J connectivity index is 1.64. The molecule has 1 atom stereocenters. The maximum Gasteiger partial charge on any atom is 0.233 e. The number of carbonyl (C=O) groups excluding carboxylic acids is 1. The fourth-order valence-electron chi connectivity index (χ4n) is 3.05. The minimum Gasteiger partial charge on any atom is -0.489 e. The highest BCUT2D eigenvalue weighted by Gasteiger charge is 2.25. The third-order valence-corrected chi connectivity index (χ3v) is 6.18. The smallest absolute Gasteiger partial charge is 0.233 e. The predicted molar refractivity (Wildman–Crippen MR) is 114 cm³/mol. The number of sulfone groups is 1. The van der Waals surface area contributed by atoms with E-state index in [2.05, 4.69) is 0 Å². The average molecular weight is 426 g/mol. The van der Waals surface area contributed by atoms with E-state index in [0.29, 0.717) is 28.5 Å². The van der Waals surface area contributed by atoms with Crippen molar-refractivity contribution < 1.29 is 23.2 Å². The van der Waals surface area contributed by atoms with Gasteiger partial charge in [-0.3, -0.25) is 10.0 Å². The first-order chi connectivity index (χ1) is 14.5. The van der Waals surface area contributed by atoms with Crippen molar-refractivity contribution >= 4 is 16.2 Å². The van der Waals surface area contributed by atoms with Crippen LogP contribution in [0.5, 0.6) is 5.75 Å². The Morgan fingerprint density at radius 2 is 1.47 bits per heavy atom. The summed E-state index contributed by atoms with van der Waals surface area (Å²) in [5.41, 5.74) is 2.18. The summed E-state index contributed by atoms with van der Waals surface area (Å²) in [6, 6.07) is 24.2. The van der Waals surface area contributed by atoms with Crippen LogP contribution in [-0.4, -0.2) is 30.9 Å². The van der Waals surface area contributed by atoms with Crippen LogP contribution in [0.25, 0.3) is 0 Å². The first kappa shape index (κ1) is 21.5. The van der Waals surface area contributed by atoms with Crippen molar-refractivity contribution in [1.82, 2.24) is 5.06 Å². The molecule has 3 rings (SSSR count). The molecule has 0 radical (unpaired) electrons. The number of amides is 1. The Morgan fingerprint density at radius 1 is 0.867 bits per heavy atom. The zero-order valence-electron chi connectivity index (χ0n) is 16.3. The third-order valence-electron chi connectivity index (χ3n) is 4.58. The van der Waals surface area contributed by atoms with E-state index < -0.39 is 21.6 Å². The average Bonchev–Trinajstić information content (AvgIpc) is 2.77. The normalized spacial score (nSPS) is 12.2. The van der Waals surface area contributed by atoms with Crippen molar-refractivity contribution in [3.05, 3.63) is 102 Å². The van der Waals surface area contributed by atoms with Gasteiger partial charge in [0.15, 0.2) is 9.84 Å². The summed E-state index contributed by atoms with van der Waals surface area (Å²) in [4.78, 5) is 11.0. The largest absolute Gasteiger partial charge is 0.489 e. The lowest BCUT2D eigenvalue weighted by atomic mass is 10.1. The Labute approximate surface area is 176 Å². The molecule has 3 aromatic carbocycles. The second-order valence-electron chi connectivity index (χ2n) is 6.88. The van der Waals surface area contributed by atoms with Gasteiger partial charge in [0.05, 0.1) is 17.5 Å². The second kappa shape index (κ2) is 10.0. The van der Waals surface area contributed by atoms with E-state index in [0.717, 1.165) is 5.56 Å². The zero-order chi connectivity index (χ0) is 21.4. The van der Waals surface area contributed by atoms with E-state index in [4.69, 9.17) is 4.74 Å². The van der Waals surface area contributed by atoms with Gasteiger partial charge in [0.1, 0.15) is 12.4 Å². The molecule has 30 heavy (non-hydrogen) atoms. The van der Waals surface area contributed by atoms with Crippen LogP contribution >= 0.6 is 0 Å². The molecule has 0 aromatic heterocycles. The van der Waals surface area contributed by atoms with E-state index in [1.54, 1.807) is 54.6 Å². The van der Waals surface area contributed by atoms with Crippen molar-refractivity contribution in [3.63, 3.8) is 0 Å². The quantitative estimate of drug-likeness (QED) is 0.304. The number of hydrogen-bond donors (Lipinski definition) is 1. The van der Waals surface area contributed by atoms with E-state index in [1.165, 1.54) is 0 Å². The van der Waals surface area contributed by atoms with Crippen LogP contribution in [0.3, 0.4) is 0 Å². The molecular formula is C23H23NO5S. The number of hydrogen-bond acceptors (Lipinski definition) is 5. The monoisotopic (exact) mass is 425 g/mol. The van der Waals surface area contributed by atoms with Gasteiger partial charge >= 0.3 is 0 Å². The highest BCUT2D eigenvalue weighted by molar-refractivity contribution is 7.90. The Hall–Kier alpha value is -3.16. The number of carbonyl (C=O) groups is 1. The first-order valence-electron chi connectivity index (χ1n) is 9.40. The Kier molecular flexibility index (Phi) is 7.21. The van der Waals surface area contributed by atoms with Crippen molar-refractivity contribution in [1.29, 1.82) is 0 Å². The van der Waals surface area contributed by atoms with Crippen LogP contribution < -0.4 is 4.74 Å². The molecule has 6 nitrogen and oxygen atoms in total. The lowest BCUT2D eigenvalue weighted by Crippen LogP contribution is -2.30. The lowest BCUT2D eigenvalue weighted by molar-refractivity contribution is -0.158. The van der Waals surface area contributed by atoms with Gasteiger partial charge < -0.3 is 4.74 Å². The molecule has 0 unspecified atom stereocenters. The number of benzene rings is 3. The summed E-state index contributed by atoms with van der Waals surface area (Å²) in [5.74, 6) is 0.0465. The van der Waals surface area contributed by atoms with Gasteiger partial charge in [0.25, 0.3) is 0 Å². The summed E-state index contributed by atoms with van der Waals surface area (Å²) < 4.78 is 31.1. The van der Waals surface area contributed by atoms with Gasteiger partial charge in [-0.15, -0.1) is 0 Å². The van der Waals surface area contributed by atoms with E-state index in [-0.39, 0.29) is 12.2 Å². The zero-order valence-corrected chi connectivity index (χ0v) is 17.1. The van der Waals surface area contributed by atoms with Gasteiger partial charge in [-0.2, -0.15) is 0 Å². The lowest BCUT2D eigenvalue weighted by Gasteiger charge is -2.22. The summed E-state index contributed by atoms with van der Waals surface area (Å²) in [5, 5.41) is 10.3. The molecule has 0 saturated carbocycles. The number of rotatable bonds is 10. The second-order valence-corrected chi connectivity index (χ2v) is 8.99. The van der Waals surface area contributed by atoms with Gasteiger partial charge in [-0.1, -0.05) is 72.8 Å². The molecule has 0 aliphatic carbocycles. The molecule has 0 bridgehead atoms. The van der Waals surface area contributed by atoms with Crippen LogP contribution in [0, 0.1) is 0 Å². The molecule has 0 heterocycles. The van der Waals surface area contributed by atoms with Crippen molar-refractivity contribution in [3.8, 4) is 5.75 Å². The highest BCUT2D eigenvalue weighted by Crippen LogP contribution is 2.23. The minimum atomic E-state index is -3.61. The molecule has 1 amide bonds. The topological polar surface area (TPSA) is 83.9 Å². The molecule has 0 aliphatic rings. The van der Waals surface area contributed by atoms with Crippen molar-refractivity contribution in [2.75, 3.05) is 5.75 Å². The van der Waals surface area contributed by atoms with E-state index in [1.807, 2.05) is 30.3 Å². The van der Waals surface area contributed by atoms with Crippen molar-refractivity contribution in [2.24, 2.45) is 0 Å². The molecule has 0 saturated heterocycles. The van der Waals surface area contributed by atoms with Crippen LogP contribution in [0.2, 0.25) is 0 Å². The maximum absolute atomic E-state index is 12.7. The SMILES string of the molecule is O=CN(O)[C@@H](CS(=O)(=O)Cc1ccc(OCc2ccccc2)cc1)c1ccccc1. The minimum absolute atomic E-state index is 0.206. The van der Waals surface area contributed by atoms with Gasteiger partial charge in [-0.05, 0) is 28.8 Å². The summed E-state index contributed by atoms with van der Waals surface area (Å²) >= 11 is 0. The maximum atomic E-state index is 12.7. The number of nitrogens with zero attached hydrogens (tertiary/aromatic N) is 1. The van der Waals surface area contributed by atoms with Crippen molar-refractivity contribution in [2.45, 2.75) is 18.4 Å². The Morgan fingerprint density at radius 3 is 2.07 bits per heavy atom. The standard InChI is InChI=1S/C23H23NO5S/c25-18-24(26)23(21-9-5-2-6-10-21)17-30(27,28)16-20-11-13-22(14-12-20)29-15-19-7-3-1-4-8-19/h1-14,18,23,26H,15-17H2/t23-/m0/s1. The van der Waals surface area contributed by atoms with Crippen LogP contribution in [-0.2, 0) is 27.0 Å². The molecule has 0 fully saturated rings. The van der Waals surface area contributed by atoms with Gasteiger partial charge in [0.2, 0.25) is 6.41 Å². The summed E-state index contributed by atoms with van der Waals surface area (Å²) in [6.45, 7) is 0.426. The molecule has 0 spiro atoms. The third kappa shape index (κ3) is 6.17. The molecule has 1 N–H and O–H groups in total. The Bertz CT molecular complexity index is 1040. The molecule has 7 heteroatoms. The van der Waals surface area contributed by atoms with Gasteiger partial charge in [-0.25, -0.2) is 13.5 Å². The first-order valence-corrected chi connectivity index (χ1v) is 11.2. The van der Waals surface area contributed by atoms with Crippen LogP contribution in [0.4, 0.5) is 0 Å². The molecule has 3 aromatic rings. The summed E-state index contributed by atoms with van der Waals surface area (Å²) in [7, 11) is -3.61. The van der Waals surface area contributed by atoms with Crippen LogP contribution in [0.1, 0.15) is 22.7 Å². The molecule has 0 aliphatic heterocycles. The molecule has 156 valence electrons. The number of hydroxylamine groups is 2. The summed E-state index contributed by atoms with van der Waals surface area (Å²) in [6.07, 6.45) is 0.214. The van der Waals surface area contributed by atoms with E-state index >= 15 is 0 Å².